The molecule has 0 fully saturated rings. The number of halogens is 1. The molecule has 0 spiro atoms. The average Bonchev–Trinajstić information content (AvgIpc) is 2.59. The molecule has 0 aromatic heterocycles. The summed E-state index contributed by atoms with van der Waals surface area (Å²) in [5.74, 6) is 0. The summed E-state index contributed by atoms with van der Waals surface area (Å²) in [5.41, 5.74) is 5.04. The van der Waals surface area contributed by atoms with Gasteiger partial charge in [0.15, 0.2) is 5.11 Å². The molecule has 0 bridgehead atoms. The second-order valence-electron chi connectivity index (χ2n) is 5.16. The number of sulfonamides is 1. The Morgan fingerprint density at radius 2 is 2.00 bits per heavy atom. The van der Waals surface area contributed by atoms with Crippen molar-refractivity contribution in [3.05, 3.63) is 57.6 Å². The number of benzene rings is 2. The Morgan fingerprint density at radius 1 is 1.26 bits per heavy atom. The molecule has 12 heteroatoms. The molecule has 4 N–H and O–H groups in total. The maximum atomic E-state index is 12.5. The van der Waals surface area contributed by atoms with Gasteiger partial charge in [0.2, 0.25) is 0 Å². The minimum atomic E-state index is -4.04. The van der Waals surface area contributed by atoms with Crippen LogP contribution in [0.2, 0.25) is 5.02 Å². The zero-order valence-corrected chi connectivity index (χ0v) is 16.4. The third-order valence-corrected chi connectivity index (χ3v) is 5.06. The van der Waals surface area contributed by atoms with Crippen molar-refractivity contribution in [3.8, 4) is 0 Å². The quantitative estimate of drug-likeness (QED) is 0.301. The van der Waals surface area contributed by atoms with Crippen molar-refractivity contribution in [2.45, 2.75) is 11.8 Å². The molecule has 0 aliphatic heterocycles. The Morgan fingerprint density at radius 3 is 2.63 bits per heavy atom. The number of nitro groups is 1. The number of thiocarbonyl (C=S) groups is 1. The molecule has 0 saturated carbocycles. The molecule has 0 aliphatic rings. The first kappa shape index (κ1) is 20.7. The lowest BCUT2D eigenvalue weighted by atomic mass is 10.3. The average molecular weight is 430 g/mol. The molecular weight excluding hydrogens is 414 g/mol. The lowest BCUT2D eigenvalue weighted by molar-refractivity contribution is -0.384. The monoisotopic (exact) mass is 429 g/mol. The van der Waals surface area contributed by atoms with Gasteiger partial charge >= 0.3 is 0 Å². The molecule has 2 rings (SSSR count). The van der Waals surface area contributed by atoms with Crippen LogP contribution in [0.15, 0.2) is 47.4 Å². The summed E-state index contributed by atoms with van der Waals surface area (Å²) in [6.07, 6.45) is 0. The SMILES string of the molecule is CCNC(=S)NNc1ccc(S(=O)(=O)Nc2cccc(Cl)c2)cc1[N+](=O)[O-]. The fourth-order valence-electron chi connectivity index (χ4n) is 2.03. The van der Waals surface area contributed by atoms with Crippen molar-refractivity contribution in [1.82, 2.24) is 10.7 Å². The molecule has 27 heavy (non-hydrogen) atoms. The zero-order chi connectivity index (χ0) is 20.0. The molecule has 0 radical (unpaired) electrons. The van der Waals surface area contributed by atoms with E-state index in [1.165, 1.54) is 24.3 Å². The highest BCUT2D eigenvalue weighted by Gasteiger charge is 2.22. The van der Waals surface area contributed by atoms with Crippen LogP contribution in [0.5, 0.6) is 0 Å². The molecule has 0 heterocycles. The second-order valence-corrected chi connectivity index (χ2v) is 7.69. The normalized spacial score (nSPS) is 10.7. The van der Waals surface area contributed by atoms with Crippen LogP contribution in [-0.4, -0.2) is 25.0 Å². The summed E-state index contributed by atoms with van der Waals surface area (Å²) in [6, 6.07) is 9.57. The Labute approximate surface area is 166 Å². The predicted molar refractivity (Wildman–Crippen MR) is 108 cm³/mol. The topological polar surface area (TPSA) is 125 Å². The van der Waals surface area contributed by atoms with Gasteiger partial charge in [0.05, 0.1) is 15.5 Å². The third-order valence-electron chi connectivity index (χ3n) is 3.20. The molecule has 0 amide bonds. The van der Waals surface area contributed by atoms with E-state index >= 15 is 0 Å². The fourth-order valence-corrected chi connectivity index (χ4v) is 3.49. The van der Waals surface area contributed by atoms with Gasteiger partial charge in [-0.15, -0.1) is 0 Å². The van der Waals surface area contributed by atoms with Crippen molar-refractivity contribution in [3.63, 3.8) is 0 Å². The van der Waals surface area contributed by atoms with Gasteiger partial charge in [0, 0.05) is 17.6 Å². The van der Waals surface area contributed by atoms with E-state index in [1.54, 1.807) is 12.1 Å². The lowest BCUT2D eigenvalue weighted by Gasteiger charge is -2.13. The van der Waals surface area contributed by atoms with Gasteiger partial charge in [-0.1, -0.05) is 17.7 Å². The summed E-state index contributed by atoms with van der Waals surface area (Å²) in [6.45, 7) is 2.41. The van der Waals surface area contributed by atoms with E-state index < -0.39 is 20.6 Å². The number of nitrogens with one attached hydrogen (secondary N) is 4. The summed E-state index contributed by atoms with van der Waals surface area (Å²) in [7, 11) is -4.04. The Balaban J connectivity index is 2.28. The van der Waals surface area contributed by atoms with Crippen LogP contribution in [0, 0.1) is 10.1 Å². The van der Waals surface area contributed by atoms with Gasteiger partial charge in [-0.3, -0.25) is 25.7 Å². The maximum Gasteiger partial charge on any atom is 0.295 e. The van der Waals surface area contributed by atoms with Crippen LogP contribution in [0.3, 0.4) is 0 Å². The predicted octanol–water partition coefficient (Wildman–Crippen LogP) is 2.86. The number of hydrogen-bond donors (Lipinski definition) is 4. The highest BCUT2D eigenvalue weighted by molar-refractivity contribution is 7.92. The van der Waals surface area contributed by atoms with E-state index in [1.807, 2.05) is 6.92 Å². The number of hydrogen-bond acceptors (Lipinski definition) is 6. The number of nitro benzene ring substituents is 1. The van der Waals surface area contributed by atoms with Crippen LogP contribution in [-0.2, 0) is 10.0 Å². The standard InChI is InChI=1S/C15H16ClN5O4S2/c1-2-17-15(26)19-18-13-7-6-12(9-14(13)21(22)23)27(24,25)20-11-5-3-4-10(16)8-11/h3-9,18,20H,2H2,1H3,(H2,17,19,26). The molecule has 2 aromatic carbocycles. The van der Waals surface area contributed by atoms with Crippen LogP contribution in [0.4, 0.5) is 17.1 Å². The van der Waals surface area contributed by atoms with E-state index in [2.05, 4.69) is 20.9 Å². The van der Waals surface area contributed by atoms with Crippen molar-refractivity contribution < 1.29 is 13.3 Å². The Bertz CT molecular complexity index is 968. The van der Waals surface area contributed by atoms with Gasteiger partial charge in [-0.25, -0.2) is 8.42 Å². The van der Waals surface area contributed by atoms with Gasteiger partial charge in [0.25, 0.3) is 15.7 Å². The molecule has 0 unspecified atom stereocenters. The smallest absolute Gasteiger partial charge is 0.295 e. The molecule has 9 nitrogen and oxygen atoms in total. The molecule has 0 aliphatic carbocycles. The minimum Gasteiger partial charge on any atom is -0.362 e. The largest absolute Gasteiger partial charge is 0.362 e. The van der Waals surface area contributed by atoms with Crippen LogP contribution < -0.4 is 20.9 Å². The maximum absolute atomic E-state index is 12.5. The molecular formula is C15H16ClN5O4S2. The highest BCUT2D eigenvalue weighted by atomic mass is 35.5. The van der Waals surface area contributed by atoms with E-state index in [-0.39, 0.29) is 21.4 Å². The molecule has 0 atom stereocenters. The number of rotatable bonds is 7. The molecule has 144 valence electrons. The van der Waals surface area contributed by atoms with Gasteiger partial charge in [-0.2, -0.15) is 0 Å². The van der Waals surface area contributed by atoms with Gasteiger partial charge in [-0.05, 0) is 49.5 Å². The Hall–Kier alpha value is -2.63. The third kappa shape index (κ3) is 5.67. The molecule has 0 saturated heterocycles. The summed E-state index contributed by atoms with van der Waals surface area (Å²) >= 11 is 10.8. The number of anilines is 2. The van der Waals surface area contributed by atoms with E-state index in [4.69, 9.17) is 23.8 Å². The first-order valence-corrected chi connectivity index (χ1v) is 9.86. The van der Waals surface area contributed by atoms with Gasteiger partial charge < -0.3 is 5.32 Å². The van der Waals surface area contributed by atoms with Crippen molar-refractivity contribution in [2.24, 2.45) is 0 Å². The Kier molecular flexibility index (Phi) is 6.77. The van der Waals surface area contributed by atoms with Crippen LogP contribution in [0.25, 0.3) is 0 Å². The summed E-state index contributed by atoms with van der Waals surface area (Å²) in [4.78, 5) is 10.4. The van der Waals surface area contributed by atoms with E-state index in [9.17, 15) is 18.5 Å². The van der Waals surface area contributed by atoms with E-state index in [0.717, 1.165) is 6.07 Å². The summed E-state index contributed by atoms with van der Waals surface area (Å²) in [5, 5.41) is 14.7. The van der Waals surface area contributed by atoms with Crippen molar-refractivity contribution in [1.29, 1.82) is 0 Å². The fraction of sp³-hybridized carbons (Fsp3) is 0.133. The number of nitrogens with zero attached hydrogens (tertiary/aromatic N) is 1. The highest BCUT2D eigenvalue weighted by Crippen LogP contribution is 2.28. The van der Waals surface area contributed by atoms with E-state index in [0.29, 0.717) is 11.6 Å². The summed E-state index contributed by atoms with van der Waals surface area (Å²) < 4.78 is 27.3. The van der Waals surface area contributed by atoms with Crippen molar-refractivity contribution in [2.75, 3.05) is 16.7 Å². The number of hydrazine groups is 1. The molecule has 2 aromatic rings. The zero-order valence-electron chi connectivity index (χ0n) is 14.0. The first-order chi connectivity index (χ1) is 12.7. The lowest BCUT2D eigenvalue weighted by Crippen LogP contribution is -2.38. The minimum absolute atomic E-state index is 0.0574. The first-order valence-electron chi connectivity index (χ1n) is 7.59. The second kappa shape index (κ2) is 8.84. The van der Waals surface area contributed by atoms with Crippen molar-refractivity contribution >= 4 is 56.0 Å². The van der Waals surface area contributed by atoms with Gasteiger partial charge in [0.1, 0.15) is 5.69 Å². The van der Waals surface area contributed by atoms with Crippen LogP contribution >= 0.6 is 23.8 Å². The van der Waals surface area contributed by atoms with Crippen LogP contribution in [0.1, 0.15) is 6.92 Å².